The highest BCUT2D eigenvalue weighted by Gasteiger charge is 2.40. The molecule has 0 spiro atoms. The molecule has 3 heterocycles. The van der Waals surface area contributed by atoms with E-state index in [2.05, 4.69) is 47.5 Å². The van der Waals surface area contributed by atoms with Crippen molar-refractivity contribution in [1.82, 2.24) is 9.88 Å². The first-order chi connectivity index (χ1) is 16.7. The van der Waals surface area contributed by atoms with Crippen LogP contribution in [-0.4, -0.2) is 55.0 Å². The maximum absolute atomic E-state index is 13.3. The number of carbonyl (C=O) groups excluding carboxylic acids is 1. The molecule has 1 aromatic heterocycles. The SMILES string of the molecule is COc1ccc(C2=CC3COCC(C2)N3C(=O)OCC2c3ccccc3-c3ccccc32)nc1. The zero-order valence-electron chi connectivity index (χ0n) is 19.0. The maximum atomic E-state index is 13.3. The molecule has 34 heavy (non-hydrogen) atoms. The van der Waals surface area contributed by atoms with Crippen LogP contribution in [0.2, 0.25) is 0 Å². The number of nitrogens with zero attached hydrogens (tertiary/aromatic N) is 2. The molecule has 0 saturated carbocycles. The summed E-state index contributed by atoms with van der Waals surface area (Å²) >= 11 is 0. The van der Waals surface area contributed by atoms with Crippen molar-refractivity contribution in [3.63, 3.8) is 0 Å². The van der Waals surface area contributed by atoms with Gasteiger partial charge in [0.2, 0.25) is 0 Å². The first-order valence-electron chi connectivity index (χ1n) is 11.6. The van der Waals surface area contributed by atoms with Gasteiger partial charge in [-0.1, -0.05) is 54.6 Å². The van der Waals surface area contributed by atoms with Gasteiger partial charge in [-0.15, -0.1) is 0 Å². The molecule has 3 aliphatic rings. The molecule has 2 aromatic carbocycles. The molecule has 6 heteroatoms. The number of rotatable bonds is 4. The lowest BCUT2D eigenvalue weighted by Crippen LogP contribution is -2.56. The molecule has 3 aromatic rings. The lowest BCUT2D eigenvalue weighted by atomic mass is 9.92. The van der Waals surface area contributed by atoms with E-state index in [0.29, 0.717) is 26.2 Å². The summed E-state index contributed by atoms with van der Waals surface area (Å²) in [5.41, 5.74) is 6.91. The Morgan fingerprint density at radius 1 is 1.03 bits per heavy atom. The Kier molecular flexibility index (Phi) is 5.30. The Hall–Kier alpha value is -3.64. The average molecular weight is 455 g/mol. The Morgan fingerprint density at radius 2 is 1.76 bits per heavy atom. The number of amides is 1. The van der Waals surface area contributed by atoms with Crippen LogP contribution in [0.1, 0.15) is 29.2 Å². The van der Waals surface area contributed by atoms with Gasteiger partial charge in [-0.05, 0) is 46.4 Å². The van der Waals surface area contributed by atoms with Crippen molar-refractivity contribution >= 4 is 11.7 Å². The molecule has 6 rings (SSSR count). The monoisotopic (exact) mass is 454 g/mol. The minimum atomic E-state index is -0.279. The van der Waals surface area contributed by atoms with Gasteiger partial charge in [0.15, 0.2) is 0 Å². The van der Waals surface area contributed by atoms with Crippen molar-refractivity contribution in [3.8, 4) is 16.9 Å². The molecule has 1 fully saturated rings. The van der Waals surface area contributed by atoms with Gasteiger partial charge >= 0.3 is 6.09 Å². The summed E-state index contributed by atoms with van der Waals surface area (Å²) in [5, 5.41) is 0. The molecular formula is C28H26N2O4. The summed E-state index contributed by atoms with van der Waals surface area (Å²) in [6.07, 6.45) is 4.21. The number of morpholine rings is 1. The van der Waals surface area contributed by atoms with Gasteiger partial charge in [0.1, 0.15) is 12.4 Å². The quantitative estimate of drug-likeness (QED) is 0.561. The smallest absolute Gasteiger partial charge is 0.410 e. The highest BCUT2D eigenvalue weighted by Crippen LogP contribution is 2.44. The summed E-state index contributed by atoms with van der Waals surface area (Å²) in [7, 11) is 1.63. The number of fused-ring (bicyclic) bond motifs is 5. The topological polar surface area (TPSA) is 60.9 Å². The summed E-state index contributed by atoms with van der Waals surface area (Å²) < 4.78 is 17.0. The molecule has 0 N–H and O–H groups in total. The predicted octanol–water partition coefficient (Wildman–Crippen LogP) is 4.90. The normalized spacial score (nSPS) is 20.9. The fourth-order valence-electron chi connectivity index (χ4n) is 5.43. The minimum Gasteiger partial charge on any atom is -0.495 e. The first-order valence-corrected chi connectivity index (χ1v) is 11.6. The standard InChI is InChI=1S/C28H26N2O4/c1-32-21-10-11-27(29-14-21)18-12-19-15-33-16-20(13-18)30(19)28(31)34-17-26-24-8-4-2-6-22(24)23-7-3-5-9-25(23)26/h2-12,14,19-20,26H,13,15-17H2,1H3. The van der Waals surface area contributed by atoms with E-state index in [1.807, 2.05) is 29.2 Å². The van der Waals surface area contributed by atoms with Crippen LogP contribution in [0.25, 0.3) is 16.7 Å². The van der Waals surface area contributed by atoms with E-state index in [0.717, 1.165) is 17.0 Å². The second-order valence-electron chi connectivity index (χ2n) is 8.95. The van der Waals surface area contributed by atoms with Crippen molar-refractivity contribution in [1.29, 1.82) is 0 Å². The van der Waals surface area contributed by atoms with Crippen LogP contribution in [0.4, 0.5) is 4.79 Å². The van der Waals surface area contributed by atoms with Crippen molar-refractivity contribution in [3.05, 3.63) is 89.8 Å². The number of hydrogen-bond acceptors (Lipinski definition) is 5. The second-order valence-corrected chi connectivity index (χ2v) is 8.95. The highest BCUT2D eigenvalue weighted by molar-refractivity contribution is 5.79. The predicted molar refractivity (Wildman–Crippen MR) is 129 cm³/mol. The maximum Gasteiger partial charge on any atom is 0.410 e. The Balaban J connectivity index is 1.20. The van der Waals surface area contributed by atoms with Crippen LogP contribution in [0.15, 0.2) is 72.9 Å². The van der Waals surface area contributed by atoms with Gasteiger partial charge in [0.25, 0.3) is 0 Å². The molecule has 1 amide bonds. The molecule has 2 aliphatic heterocycles. The number of benzene rings is 2. The molecule has 1 aliphatic carbocycles. The van der Waals surface area contributed by atoms with Crippen molar-refractivity contribution < 1.29 is 19.0 Å². The minimum absolute atomic E-state index is 0.0480. The fraction of sp³-hybridized carbons (Fsp3) is 0.286. The van der Waals surface area contributed by atoms with Crippen molar-refractivity contribution in [2.45, 2.75) is 24.4 Å². The van der Waals surface area contributed by atoms with E-state index < -0.39 is 0 Å². The zero-order chi connectivity index (χ0) is 23.1. The Labute approximate surface area is 198 Å². The summed E-state index contributed by atoms with van der Waals surface area (Å²) in [6.45, 7) is 1.27. The third kappa shape index (κ3) is 3.55. The second kappa shape index (κ2) is 8.61. The molecule has 0 radical (unpaired) electrons. The number of carbonyl (C=O) groups is 1. The van der Waals surface area contributed by atoms with Gasteiger partial charge in [-0.3, -0.25) is 9.88 Å². The van der Waals surface area contributed by atoms with E-state index in [4.69, 9.17) is 14.2 Å². The van der Waals surface area contributed by atoms with Gasteiger partial charge in [-0.25, -0.2) is 4.79 Å². The van der Waals surface area contributed by atoms with Gasteiger partial charge in [0.05, 0.1) is 44.3 Å². The molecule has 2 atom stereocenters. The molecule has 6 nitrogen and oxygen atoms in total. The molecule has 1 saturated heterocycles. The van der Waals surface area contributed by atoms with Crippen LogP contribution in [0.5, 0.6) is 5.75 Å². The van der Waals surface area contributed by atoms with Crippen LogP contribution >= 0.6 is 0 Å². The van der Waals surface area contributed by atoms with Gasteiger partial charge in [0, 0.05) is 5.92 Å². The lowest BCUT2D eigenvalue weighted by molar-refractivity contribution is -0.0331. The first kappa shape index (κ1) is 20.9. The van der Waals surface area contributed by atoms with E-state index in [9.17, 15) is 4.79 Å². The number of methoxy groups -OCH3 is 1. The summed E-state index contributed by atoms with van der Waals surface area (Å²) in [4.78, 5) is 19.7. The highest BCUT2D eigenvalue weighted by atomic mass is 16.6. The number of pyridine rings is 1. The third-order valence-electron chi connectivity index (χ3n) is 7.05. The molecular weight excluding hydrogens is 428 g/mol. The van der Waals surface area contributed by atoms with E-state index in [-0.39, 0.29) is 24.1 Å². The number of ether oxygens (including phenoxy) is 3. The molecule has 2 bridgehead atoms. The van der Waals surface area contributed by atoms with Gasteiger partial charge in [-0.2, -0.15) is 0 Å². The number of hydrogen-bond donors (Lipinski definition) is 0. The molecule has 2 unspecified atom stereocenters. The Morgan fingerprint density at radius 3 is 2.41 bits per heavy atom. The average Bonchev–Trinajstić information content (AvgIpc) is 3.20. The molecule has 172 valence electrons. The van der Waals surface area contributed by atoms with Crippen LogP contribution in [-0.2, 0) is 9.47 Å². The van der Waals surface area contributed by atoms with Crippen molar-refractivity contribution in [2.75, 3.05) is 26.9 Å². The fourth-order valence-corrected chi connectivity index (χ4v) is 5.43. The van der Waals surface area contributed by atoms with Crippen LogP contribution < -0.4 is 4.74 Å². The number of aromatic nitrogens is 1. The third-order valence-corrected chi connectivity index (χ3v) is 7.05. The van der Waals surface area contributed by atoms with Crippen molar-refractivity contribution in [2.24, 2.45) is 0 Å². The van der Waals surface area contributed by atoms with Gasteiger partial charge < -0.3 is 14.2 Å². The Bertz CT molecular complexity index is 1210. The largest absolute Gasteiger partial charge is 0.495 e. The van der Waals surface area contributed by atoms with E-state index in [1.54, 1.807) is 13.3 Å². The summed E-state index contributed by atoms with van der Waals surface area (Å²) in [6, 6.07) is 20.4. The lowest BCUT2D eigenvalue weighted by Gasteiger charge is -2.43. The summed E-state index contributed by atoms with van der Waals surface area (Å²) in [5.74, 6) is 0.774. The zero-order valence-corrected chi connectivity index (χ0v) is 19.0. The van der Waals surface area contributed by atoms with Crippen LogP contribution in [0, 0.1) is 0 Å². The van der Waals surface area contributed by atoms with E-state index >= 15 is 0 Å². The van der Waals surface area contributed by atoms with E-state index in [1.165, 1.54) is 22.3 Å². The van der Waals surface area contributed by atoms with Crippen LogP contribution in [0.3, 0.4) is 0 Å².